The van der Waals surface area contributed by atoms with Crippen molar-refractivity contribution in [2.24, 2.45) is 0 Å². The van der Waals surface area contributed by atoms with Crippen LogP contribution in [0.4, 0.5) is 0 Å². The van der Waals surface area contributed by atoms with E-state index in [0.717, 1.165) is 29.8 Å². The van der Waals surface area contributed by atoms with Gasteiger partial charge in [0.05, 0.1) is 18.3 Å². The fourth-order valence-electron chi connectivity index (χ4n) is 2.07. The van der Waals surface area contributed by atoms with E-state index in [1.165, 1.54) is 0 Å². The second kappa shape index (κ2) is 4.85. The van der Waals surface area contributed by atoms with Gasteiger partial charge in [-0.05, 0) is 36.6 Å². The average molecular weight is 235 g/mol. The third kappa shape index (κ3) is 2.48. The van der Waals surface area contributed by atoms with Gasteiger partial charge >= 0.3 is 5.97 Å². The van der Waals surface area contributed by atoms with Crippen molar-refractivity contribution in [3.63, 3.8) is 0 Å². The van der Waals surface area contributed by atoms with Gasteiger partial charge in [-0.2, -0.15) is 0 Å². The Morgan fingerprint density at radius 2 is 2.24 bits per heavy atom. The lowest BCUT2D eigenvalue weighted by Crippen LogP contribution is -2.33. The molecule has 0 aliphatic carbocycles. The molecule has 2 N–H and O–H groups in total. The summed E-state index contributed by atoms with van der Waals surface area (Å²) in [5, 5.41) is 12.4. The second-order valence-corrected chi connectivity index (χ2v) is 4.38. The van der Waals surface area contributed by atoms with Gasteiger partial charge in [0.15, 0.2) is 0 Å². The summed E-state index contributed by atoms with van der Waals surface area (Å²) in [6.45, 7) is 6.03. The van der Waals surface area contributed by atoms with Crippen molar-refractivity contribution in [3.05, 3.63) is 34.4 Å². The third-order valence-corrected chi connectivity index (χ3v) is 3.22. The van der Waals surface area contributed by atoms with E-state index in [0.29, 0.717) is 12.2 Å². The van der Waals surface area contributed by atoms with Crippen molar-refractivity contribution in [2.45, 2.75) is 20.0 Å². The highest BCUT2D eigenvalue weighted by Gasteiger charge is 2.19. The summed E-state index contributed by atoms with van der Waals surface area (Å²) in [7, 11) is 0. The predicted molar refractivity (Wildman–Crippen MR) is 64.4 cm³/mol. The van der Waals surface area contributed by atoms with Gasteiger partial charge in [0.1, 0.15) is 0 Å². The highest BCUT2D eigenvalue weighted by Crippen LogP contribution is 2.24. The van der Waals surface area contributed by atoms with Gasteiger partial charge in [-0.3, -0.25) is 0 Å². The fourth-order valence-corrected chi connectivity index (χ4v) is 2.07. The van der Waals surface area contributed by atoms with Crippen LogP contribution in [-0.2, 0) is 4.74 Å². The topological polar surface area (TPSA) is 58.6 Å². The SMILES string of the molecule is Cc1cc(C2CNCCO2)cc(C(=O)O)c1C. The molecule has 1 fully saturated rings. The van der Waals surface area contributed by atoms with E-state index in [9.17, 15) is 4.79 Å². The van der Waals surface area contributed by atoms with Crippen molar-refractivity contribution in [3.8, 4) is 0 Å². The van der Waals surface area contributed by atoms with E-state index in [2.05, 4.69) is 5.32 Å². The summed E-state index contributed by atoms with van der Waals surface area (Å²) in [5.41, 5.74) is 3.13. The molecule has 1 unspecified atom stereocenters. The lowest BCUT2D eigenvalue weighted by molar-refractivity contribution is 0.0276. The molecule has 1 saturated heterocycles. The zero-order valence-corrected chi connectivity index (χ0v) is 10.1. The number of hydrogen-bond acceptors (Lipinski definition) is 3. The summed E-state index contributed by atoms with van der Waals surface area (Å²) in [4.78, 5) is 11.2. The maximum atomic E-state index is 11.2. The van der Waals surface area contributed by atoms with Gasteiger partial charge in [-0.25, -0.2) is 4.79 Å². The van der Waals surface area contributed by atoms with Crippen molar-refractivity contribution in [1.82, 2.24) is 5.32 Å². The predicted octanol–water partition coefficient (Wildman–Crippen LogP) is 1.66. The van der Waals surface area contributed by atoms with Crippen LogP contribution in [0.15, 0.2) is 12.1 Å². The van der Waals surface area contributed by atoms with Gasteiger partial charge in [-0.1, -0.05) is 6.07 Å². The van der Waals surface area contributed by atoms with Gasteiger partial charge < -0.3 is 15.2 Å². The number of benzene rings is 1. The van der Waals surface area contributed by atoms with E-state index < -0.39 is 5.97 Å². The quantitative estimate of drug-likeness (QED) is 0.818. The molecule has 1 aromatic rings. The van der Waals surface area contributed by atoms with Crippen LogP contribution in [0.1, 0.15) is 33.2 Å². The number of carbonyl (C=O) groups is 1. The van der Waals surface area contributed by atoms with E-state index in [4.69, 9.17) is 9.84 Å². The minimum absolute atomic E-state index is 0.0406. The largest absolute Gasteiger partial charge is 0.478 e. The standard InChI is InChI=1S/C13H17NO3/c1-8-5-10(12-7-14-3-4-17-12)6-11(9(8)2)13(15)16/h5-6,12,14H,3-4,7H2,1-2H3,(H,15,16). The molecule has 0 radical (unpaired) electrons. The summed E-state index contributed by atoms with van der Waals surface area (Å²) in [5.74, 6) is -0.879. The number of ether oxygens (including phenoxy) is 1. The number of rotatable bonds is 2. The Hall–Kier alpha value is -1.39. The molecule has 2 rings (SSSR count). The Morgan fingerprint density at radius 1 is 1.47 bits per heavy atom. The van der Waals surface area contributed by atoms with Crippen molar-refractivity contribution in [2.75, 3.05) is 19.7 Å². The lowest BCUT2D eigenvalue weighted by Gasteiger charge is -2.25. The zero-order chi connectivity index (χ0) is 12.4. The van der Waals surface area contributed by atoms with Gasteiger partial charge in [0.25, 0.3) is 0 Å². The molecule has 1 aliphatic heterocycles. The third-order valence-electron chi connectivity index (χ3n) is 3.22. The molecule has 0 spiro atoms. The first-order chi connectivity index (χ1) is 8.09. The van der Waals surface area contributed by atoms with Crippen LogP contribution in [-0.4, -0.2) is 30.8 Å². The molecule has 0 aromatic heterocycles. The van der Waals surface area contributed by atoms with Crippen molar-refractivity contribution in [1.29, 1.82) is 0 Å². The normalized spacial score (nSPS) is 20.2. The Bertz CT molecular complexity index is 437. The smallest absolute Gasteiger partial charge is 0.335 e. The molecule has 4 nitrogen and oxygen atoms in total. The first-order valence-corrected chi connectivity index (χ1v) is 5.76. The number of morpholine rings is 1. The molecule has 0 saturated carbocycles. The fraction of sp³-hybridized carbons (Fsp3) is 0.462. The number of aromatic carboxylic acids is 1. The minimum Gasteiger partial charge on any atom is -0.478 e. The summed E-state index contributed by atoms with van der Waals surface area (Å²) in [6, 6.07) is 3.74. The molecular formula is C13H17NO3. The van der Waals surface area contributed by atoms with Crippen LogP contribution in [0.2, 0.25) is 0 Å². The highest BCUT2D eigenvalue weighted by atomic mass is 16.5. The molecule has 17 heavy (non-hydrogen) atoms. The first kappa shape index (κ1) is 12.1. The van der Waals surface area contributed by atoms with E-state index in [-0.39, 0.29) is 6.10 Å². The van der Waals surface area contributed by atoms with E-state index >= 15 is 0 Å². The number of carboxylic acids is 1. The molecule has 1 atom stereocenters. The van der Waals surface area contributed by atoms with Crippen LogP contribution in [0.5, 0.6) is 0 Å². The Kier molecular flexibility index (Phi) is 3.45. The van der Waals surface area contributed by atoms with Gasteiger partial charge in [0.2, 0.25) is 0 Å². The zero-order valence-electron chi connectivity index (χ0n) is 10.1. The van der Waals surface area contributed by atoms with Crippen LogP contribution < -0.4 is 5.32 Å². The molecule has 92 valence electrons. The summed E-state index contributed by atoms with van der Waals surface area (Å²) >= 11 is 0. The molecule has 0 bridgehead atoms. The van der Waals surface area contributed by atoms with Crippen LogP contribution in [0, 0.1) is 13.8 Å². The van der Waals surface area contributed by atoms with Crippen molar-refractivity contribution < 1.29 is 14.6 Å². The molecular weight excluding hydrogens is 218 g/mol. The first-order valence-electron chi connectivity index (χ1n) is 5.76. The molecule has 1 aliphatic rings. The van der Waals surface area contributed by atoms with Crippen molar-refractivity contribution >= 4 is 5.97 Å². The van der Waals surface area contributed by atoms with Gasteiger partial charge in [0, 0.05) is 13.1 Å². The van der Waals surface area contributed by atoms with Crippen LogP contribution >= 0.6 is 0 Å². The number of nitrogens with one attached hydrogen (secondary N) is 1. The van der Waals surface area contributed by atoms with E-state index in [1.807, 2.05) is 19.9 Å². The highest BCUT2D eigenvalue weighted by molar-refractivity contribution is 5.90. The number of aryl methyl sites for hydroxylation is 1. The second-order valence-electron chi connectivity index (χ2n) is 4.38. The summed E-state index contributed by atoms with van der Waals surface area (Å²) < 4.78 is 5.64. The Balaban J connectivity index is 2.37. The van der Waals surface area contributed by atoms with Crippen LogP contribution in [0.25, 0.3) is 0 Å². The average Bonchev–Trinajstić information content (AvgIpc) is 2.33. The monoisotopic (exact) mass is 235 g/mol. The lowest BCUT2D eigenvalue weighted by atomic mass is 9.96. The number of hydrogen-bond donors (Lipinski definition) is 2. The number of carboxylic acid groups (broad SMARTS) is 1. The molecule has 0 amide bonds. The molecule has 1 heterocycles. The van der Waals surface area contributed by atoms with Gasteiger partial charge in [-0.15, -0.1) is 0 Å². The summed E-state index contributed by atoms with van der Waals surface area (Å²) in [6.07, 6.45) is -0.0406. The maximum Gasteiger partial charge on any atom is 0.335 e. The Morgan fingerprint density at radius 3 is 2.82 bits per heavy atom. The molecule has 4 heteroatoms. The minimum atomic E-state index is -0.879. The van der Waals surface area contributed by atoms with Crippen LogP contribution in [0.3, 0.4) is 0 Å². The maximum absolute atomic E-state index is 11.2. The molecule has 1 aromatic carbocycles. The van der Waals surface area contributed by atoms with E-state index in [1.54, 1.807) is 6.07 Å². The Labute approximate surface area is 101 Å².